The van der Waals surface area contributed by atoms with Crippen molar-refractivity contribution in [3.63, 3.8) is 0 Å². The Bertz CT molecular complexity index is 490. The zero-order valence-corrected chi connectivity index (χ0v) is 11.6. The maximum atomic E-state index is 12.7. The molecule has 0 amide bonds. The van der Waals surface area contributed by atoms with Crippen LogP contribution in [0.15, 0.2) is 6.07 Å². The third-order valence-corrected chi connectivity index (χ3v) is 2.87. The lowest BCUT2D eigenvalue weighted by Crippen LogP contribution is -2.18. The van der Waals surface area contributed by atoms with Gasteiger partial charge in [-0.1, -0.05) is 0 Å². The Kier molecular flexibility index (Phi) is 5.04. The van der Waals surface area contributed by atoms with Gasteiger partial charge in [-0.25, -0.2) is 18.6 Å². The predicted octanol–water partition coefficient (Wildman–Crippen LogP) is 3.82. The summed E-state index contributed by atoms with van der Waals surface area (Å²) < 4.78 is 67.4. The number of esters is 1. The second kappa shape index (κ2) is 5.97. The maximum absolute atomic E-state index is 12.7. The van der Waals surface area contributed by atoms with Crippen LogP contribution in [-0.4, -0.2) is 17.6 Å². The van der Waals surface area contributed by atoms with Crippen LogP contribution in [0.3, 0.4) is 0 Å². The molecular formula is C10H7F5INO2. The van der Waals surface area contributed by atoms with E-state index in [1.165, 1.54) is 29.5 Å². The van der Waals surface area contributed by atoms with Gasteiger partial charge in [-0.3, -0.25) is 0 Å². The smallest absolute Gasteiger partial charge is 0.433 e. The van der Waals surface area contributed by atoms with Crippen molar-refractivity contribution in [1.29, 1.82) is 0 Å². The molecule has 3 nitrogen and oxygen atoms in total. The maximum Gasteiger partial charge on any atom is 0.433 e. The molecule has 106 valence electrons. The van der Waals surface area contributed by atoms with Crippen LogP contribution in [0.1, 0.15) is 35.1 Å². The number of ether oxygens (including phenoxy) is 1. The van der Waals surface area contributed by atoms with Gasteiger partial charge in [0.15, 0.2) is 5.69 Å². The molecule has 1 rings (SSSR count). The summed E-state index contributed by atoms with van der Waals surface area (Å²) in [4.78, 5) is 14.3. The van der Waals surface area contributed by atoms with Gasteiger partial charge in [-0.05, 0) is 35.6 Å². The van der Waals surface area contributed by atoms with Crippen molar-refractivity contribution in [3.05, 3.63) is 26.6 Å². The summed E-state index contributed by atoms with van der Waals surface area (Å²) in [7, 11) is 0. The topological polar surface area (TPSA) is 39.2 Å². The molecule has 0 aromatic carbocycles. The molecular weight excluding hydrogens is 388 g/mol. The molecule has 0 fully saturated rings. The standard InChI is InChI=1S/C10H7F5INO2/c1-2-19-9(18)5-3-4(16)6(8(11)12)7(17-5)10(13,14)15/h3,8H,2H2,1H3. The monoisotopic (exact) mass is 395 g/mol. The van der Waals surface area contributed by atoms with Gasteiger partial charge in [0.25, 0.3) is 6.43 Å². The third kappa shape index (κ3) is 3.74. The molecule has 0 spiro atoms. The first-order valence-electron chi connectivity index (χ1n) is 4.91. The number of pyridine rings is 1. The first-order chi connectivity index (χ1) is 8.68. The molecule has 0 saturated carbocycles. The highest BCUT2D eigenvalue weighted by Gasteiger charge is 2.40. The van der Waals surface area contributed by atoms with E-state index in [-0.39, 0.29) is 6.61 Å². The summed E-state index contributed by atoms with van der Waals surface area (Å²) in [6.07, 6.45) is -8.42. The van der Waals surface area contributed by atoms with Crippen LogP contribution in [-0.2, 0) is 10.9 Å². The zero-order chi connectivity index (χ0) is 14.8. The number of hydrogen-bond donors (Lipinski definition) is 0. The normalized spacial score (nSPS) is 11.8. The minimum atomic E-state index is -5.08. The minimum Gasteiger partial charge on any atom is -0.461 e. The Labute approximate surface area is 118 Å². The summed E-state index contributed by atoms with van der Waals surface area (Å²) in [6.45, 7) is 1.40. The summed E-state index contributed by atoms with van der Waals surface area (Å²) >= 11 is 1.30. The second-order valence-electron chi connectivity index (χ2n) is 3.27. The van der Waals surface area contributed by atoms with Crippen LogP contribution < -0.4 is 0 Å². The van der Waals surface area contributed by atoms with Crippen molar-refractivity contribution in [2.75, 3.05) is 6.61 Å². The molecule has 1 heterocycles. The van der Waals surface area contributed by atoms with Gasteiger partial charge in [0.1, 0.15) is 5.69 Å². The van der Waals surface area contributed by atoms with E-state index < -0.39 is 39.1 Å². The highest BCUT2D eigenvalue weighted by atomic mass is 127. The molecule has 9 heteroatoms. The van der Waals surface area contributed by atoms with Crippen LogP contribution in [0, 0.1) is 3.57 Å². The molecule has 19 heavy (non-hydrogen) atoms. The lowest BCUT2D eigenvalue weighted by Gasteiger charge is -2.14. The van der Waals surface area contributed by atoms with Crippen molar-refractivity contribution in [1.82, 2.24) is 4.98 Å². The Hall–Kier alpha value is -1.00. The van der Waals surface area contributed by atoms with Crippen molar-refractivity contribution >= 4 is 28.6 Å². The SMILES string of the molecule is CCOC(=O)c1cc(I)c(C(F)F)c(C(F)(F)F)n1. The number of carbonyl (C=O) groups excluding carboxylic acids is 1. The van der Waals surface area contributed by atoms with Crippen molar-refractivity contribution < 1.29 is 31.5 Å². The van der Waals surface area contributed by atoms with Gasteiger partial charge in [-0.2, -0.15) is 13.2 Å². The van der Waals surface area contributed by atoms with Gasteiger partial charge in [0, 0.05) is 3.57 Å². The number of carbonyl (C=O) groups is 1. The van der Waals surface area contributed by atoms with E-state index in [1.807, 2.05) is 0 Å². The first kappa shape index (κ1) is 16.1. The predicted molar refractivity (Wildman–Crippen MR) is 62.9 cm³/mol. The Morgan fingerprint density at radius 1 is 1.47 bits per heavy atom. The van der Waals surface area contributed by atoms with E-state index in [0.29, 0.717) is 0 Å². The van der Waals surface area contributed by atoms with E-state index in [9.17, 15) is 26.7 Å². The molecule has 0 atom stereocenters. The third-order valence-electron chi connectivity index (χ3n) is 1.98. The quantitative estimate of drug-likeness (QED) is 0.444. The molecule has 0 aliphatic rings. The summed E-state index contributed by atoms with van der Waals surface area (Å²) in [5.74, 6) is -1.09. The Morgan fingerprint density at radius 3 is 2.47 bits per heavy atom. The molecule has 0 aliphatic carbocycles. The number of nitrogens with zero attached hydrogens (tertiary/aromatic N) is 1. The van der Waals surface area contributed by atoms with E-state index in [4.69, 9.17) is 0 Å². The summed E-state index contributed by atoms with van der Waals surface area (Å²) in [5.41, 5.74) is -3.65. The average molecular weight is 395 g/mol. The van der Waals surface area contributed by atoms with E-state index in [1.54, 1.807) is 0 Å². The number of rotatable bonds is 3. The Morgan fingerprint density at radius 2 is 2.05 bits per heavy atom. The molecule has 1 aromatic heterocycles. The van der Waals surface area contributed by atoms with Crippen LogP contribution in [0.5, 0.6) is 0 Å². The lowest BCUT2D eigenvalue weighted by molar-refractivity contribution is -0.143. The van der Waals surface area contributed by atoms with Gasteiger partial charge >= 0.3 is 12.1 Å². The van der Waals surface area contributed by atoms with Crippen LogP contribution >= 0.6 is 22.6 Å². The van der Waals surface area contributed by atoms with Gasteiger partial charge < -0.3 is 4.74 Å². The molecule has 0 radical (unpaired) electrons. The van der Waals surface area contributed by atoms with E-state index in [0.717, 1.165) is 6.07 Å². The second-order valence-corrected chi connectivity index (χ2v) is 4.43. The molecule has 0 aliphatic heterocycles. The van der Waals surface area contributed by atoms with Crippen LogP contribution in [0.2, 0.25) is 0 Å². The van der Waals surface area contributed by atoms with Crippen molar-refractivity contribution in [2.45, 2.75) is 19.5 Å². The number of hydrogen-bond acceptors (Lipinski definition) is 3. The molecule has 0 N–H and O–H groups in total. The molecule has 0 saturated heterocycles. The fraction of sp³-hybridized carbons (Fsp3) is 0.400. The first-order valence-corrected chi connectivity index (χ1v) is 5.99. The average Bonchev–Trinajstić information content (AvgIpc) is 2.26. The van der Waals surface area contributed by atoms with Crippen molar-refractivity contribution in [2.24, 2.45) is 0 Å². The van der Waals surface area contributed by atoms with Gasteiger partial charge in [0.05, 0.1) is 12.2 Å². The minimum absolute atomic E-state index is 0.0605. The van der Waals surface area contributed by atoms with Gasteiger partial charge in [0.2, 0.25) is 0 Å². The number of aromatic nitrogens is 1. The fourth-order valence-electron chi connectivity index (χ4n) is 1.26. The number of alkyl halides is 5. The Balaban J connectivity index is 3.44. The lowest BCUT2D eigenvalue weighted by atomic mass is 10.1. The highest BCUT2D eigenvalue weighted by Crippen LogP contribution is 2.37. The fourth-order valence-corrected chi connectivity index (χ4v) is 2.04. The number of halogens is 6. The van der Waals surface area contributed by atoms with E-state index >= 15 is 0 Å². The summed E-state index contributed by atoms with van der Waals surface area (Å²) in [6, 6.07) is 0.843. The van der Waals surface area contributed by atoms with Gasteiger partial charge in [-0.15, -0.1) is 0 Å². The molecule has 0 bridgehead atoms. The zero-order valence-electron chi connectivity index (χ0n) is 9.39. The van der Waals surface area contributed by atoms with Crippen LogP contribution in [0.4, 0.5) is 22.0 Å². The largest absolute Gasteiger partial charge is 0.461 e. The molecule has 1 aromatic rings. The van der Waals surface area contributed by atoms with E-state index in [2.05, 4.69) is 9.72 Å². The van der Waals surface area contributed by atoms with Crippen molar-refractivity contribution in [3.8, 4) is 0 Å². The summed E-state index contributed by atoms with van der Waals surface area (Å²) in [5, 5.41) is 0. The molecule has 0 unspecified atom stereocenters. The highest BCUT2D eigenvalue weighted by molar-refractivity contribution is 14.1. The van der Waals surface area contributed by atoms with Crippen LogP contribution in [0.25, 0.3) is 0 Å².